The second kappa shape index (κ2) is 7.91. The Morgan fingerprint density at radius 1 is 1.25 bits per heavy atom. The number of para-hydroxylation sites is 1. The number of carbonyl (C=O) groups excluding carboxylic acids is 1. The van der Waals surface area contributed by atoms with Crippen molar-refractivity contribution in [1.29, 1.82) is 0 Å². The number of nitrogens with zero attached hydrogens (tertiary/aromatic N) is 3. The molecule has 1 atom stereocenters. The van der Waals surface area contributed by atoms with Gasteiger partial charge in [0.15, 0.2) is 0 Å². The molecule has 3 aliphatic heterocycles. The van der Waals surface area contributed by atoms with E-state index in [4.69, 9.17) is 9.84 Å². The Hall–Kier alpha value is -2.34. The number of nitrogens with one attached hydrogen (secondary N) is 1. The number of amides is 1. The van der Waals surface area contributed by atoms with Crippen LogP contribution < -0.4 is 10.1 Å². The van der Waals surface area contributed by atoms with Crippen LogP contribution in [0.25, 0.3) is 11.3 Å². The van der Waals surface area contributed by atoms with Crippen LogP contribution in [0.1, 0.15) is 76.6 Å². The molecule has 4 heterocycles. The Morgan fingerprint density at radius 3 is 2.72 bits per heavy atom. The molecule has 3 aliphatic rings. The van der Waals surface area contributed by atoms with E-state index in [1.165, 1.54) is 11.3 Å². The van der Waals surface area contributed by atoms with Gasteiger partial charge in [-0.2, -0.15) is 5.10 Å². The number of hydrogen-bond acceptors (Lipinski definition) is 4. The van der Waals surface area contributed by atoms with Gasteiger partial charge in [0.2, 0.25) is 5.91 Å². The zero-order chi connectivity index (χ0) is 22.5. The van der Waals surface area contributed by atoms with Crippen LogP contribution >= 0.6 is 0 Å². The summed E-state index contributed by atoms with van der Waals surface area (Å²) in [6.45, 7) is 11.3. The summed E-state index contributed by atoms with van der Waals surface area (Å²) in [5.74, 6) is 1.19. The molecular weight excluding hydrogens is 400 g/mol. The maximum Gasteiger partial charge on any atom is 0.222 e. The molecule has 2 fully saturated rings. The molecule has 0 unspecified atom stereocenters. The third-order valence-electron chi connectivity index (χ3n) is 7.61. The summed E-state index contributed by atoms with van der Waals surface area (Å²) in [6.07, 6.45) is 5.29. The Bertz CT molecular complexity index is 1020. The highest BCUT2D eigenvalue weighted by Gasteiger charge is 2.47. The molecular formula is C26H36N4O2. The zero-order valence-electron chi connectivity index (χ0n) is 19.9. The van der Waals surface area contributed by atoms with Crippen molar-refractivity contribution < 1.29 is 9.53 Å². The SMILES string of the molecule is CCCC(=O)N1CCC2(CC1)Oc1ccccc1-c1nn([C@@H]3CCNC(C)(C)C3)c(C)c12. The molecule has 1 N–H and O–H groups in total. The molecule has 1 aromatic carbocycles. The van der Waals surface area contributed by atoms with Crippen molar-refractivity contribution in [3.63, 3.8) is 0 Å². The zero-order valence-corrected chi connectivity index (χ0v) is 19.9. The molecule has 1 aromatic heterocycles. The van der Waals surface area contributed by atoms with Gasteiger partial charge in [-0.05, 0) is 58.7 Å². The number of benzene rings is 1. The highest BCUT2D eigenvalue weighted by Crippen LogP contribution is 2.51. The topological polar surface area (TPSA) is 59.4 Å². The molecule has 2 aromatic rings. The Kier molecular flexibility index (Phi) is 5.31. The Balaban J connectivity index is 1.54. The second-order valence-electron chi connectivity index (χ2n) is 10.4. The van der Waals surface area contributed by atoms with E-state index in [1.54, 1.807) is 0 Å². The smallest absolute Gasteiger partial charge is 0.222 e. The first-order valence-corrected chi connectivity index (χ1v) is 12.2. The molecule has 2 saturated heterocycles. The van der Waals surface area contributed by atoms with Crippen LogP contribution in [-0.4, -0.2) is 45.8 Å². The van der Waals surface area contributed by atoms with Gasteiger partial charge in [-0.15, -0.1) is 0 Å². The summed E-state index contributed by atoms with van der Waals surface area (Å²) in [6, 6.07) is 8.68. The summed E-state index contributed by atoms with van der Waals surface area (Å²) in [7, 11) is 0. The number of fused-ring (bicyclic) bond motifs is 4. The minimum Gasteiger partial charge on any atom is -0.482 e. The minimum atomic E-state index is -0.405. The van der Waals surface area contributed by atoms with Crippen molar-refractivity contribution in [2.24, 2.45) is 0 Å². The van der Waals surface area contributed by atoms with Crippen LogP contribution in [0, 0.1) is 6.92 Å². The number of hydrogen-bond donors (Lipinski definition) is 1. The van der Waals surface area contributed by atoms with Crippen molar-refractivity contribution in [3.8, 4) is 17.0 Å². The number of ether oxygens (including phenoxy) is 1. The summed E-state index contributed by atoms with van der Waals surface area (Å²) >= 11 is 0. The maximum atomic E-state index is 12.5. The maximum absolute atomic E-state index is 12.5. The molecule has 0 saturated carbocycles. The number of rotatable bonds is 3. The summed E-state index contributed by atoms with van der Waals surface area (Å²) in [5, 5.41) is 8.88. The summed E-state index contributed by atoms with van der Waals surface area (Å²) in [4.78, 5) is 14.5. The largest absolute Gasteiger partial charge is 0.482 e. The fraction of sp³-hybridized carbons (Fsp3) is 0.615. The van der Waals surface area contributed by atoms with E-state index in [-0.39, 0.29) is 11.4 Å². The molecule has 1 amide bonds. The van der Waals surface area contributed by atoms with Crippen molar-refractivity contribution in [2.75, 3.05) is 19.6 Å². The molecule has 0 bridgehead atoms. The van der Waals surface area contributed by atoms with Gasteiger partial charge in [0.05, 0.1) is 6.04 Å². The fourth-order valence-electron chi connectivity index (χ4n) is 6.01. The first-order valence-electron chi connectivity index (χ1n) is 12.2. The predicted molar refractivity (Wildman–Crippen MR) is 126 cm³/mol. The monoisotopic (exact) mass is 436 g/mol. The lowest BCUT2D eigenvalue weighted by atomic mass is 9.79. The molecule has 0 aliphatic carbocycles. The van der Waals surface area contributed by atoms with Gasteiger partial charge >= 0.3 is 0 Å². The minimum absolute atomic E-state index is 0.110. The molecule has 6 heteroatoms. The summed E-state index contributed by atoms with van der Waals surface area (Å²) in [5.41, 5.74) is 4.35. The van der Waals surface area contributed by atoms with E-state index < -0.39 is 5.60 Å². The Labute approximate surface area is 191 Å². The standard InChI is InChI=1S/C26H36N4O2/c1-5-8-22(31)29-15-12-26(13-16-29)23-18(2)30(19-11-14-27-25(3,4)17-19)28-24(23)20-9-6-7-10-21(20)32-26/h6-7,9-10,19,27H,5,8,11-17H2,1-4H3/t19-/m1/s1. The predicted octanol–water partition coefficient (Wildman–Crippen LogP) is 4.57. The van der Waals surface area contributed by atoms with Gasteiger partial charge in [-0.3, -0.25) is 9.48 Å². The fourth-order valence-corrected chi connectivity index (χ4v) is 6.01. The lowest BCUT2D eigenvalue weighted by Gasteiger charge is -2.44. The van der Waals surface area contributed by atoms with Gasteiger partial charge in [0, 0.05) is 54.7 Å². The van der Waals surface area contributed by atoms with Gasteiger partial charge in [-0.25, -0.2) is 0 Å². The highest BCUT2D eigenvalue weighted by molar-refractivity contribution is 5.77. The number of piperidine rings is 2. The van der Waals surface area contributed by atoms with Crippen molar-refractivity contribution in [2.45, 2.75) is 83.4 Å². The van der Waals surface area contributed by atoms with E-state index in [9.17, 15) is 4.79 Å². The second-order valence-corrected chi connectivity index (χ2v) is 10.4. The van der Waals surface area contributed by atoms with Crippen LogP contribution in [-0.2, 0) is 10.4 Å². The van der Waals surface area contributed by atoms with E-state index in [0.717, 1.165) is 68.7 Å². The normalized spacial score (nSPS) is 23.4. The first kappa shape index (κ1) is 21.5. The molecule has 0 radical (unpaired) electrons. The lowest BCUT2D eigenvalue weighted by molar-refractivity contribution is -0.135. The third kappa shape index (κ3) is 3.53. The third-order valence-corrected chi connectivity index (χ3v) is 7.61. The van der Waals surface area contributed by atoms with Gasteiger partial charge in [0.25, 0.3) is 0 Å². The van der Waals surface area contributed by atoms with Crippen molar-refractivity contribution in [3.05, 3.63) is 35.5 Å². The molecule has 172 valence electrons. The van der Waals surface area contributed by atoms with E-state index in [2.05, 4.69) is 55.9 Å². The van der Waals surface area contributed by atoms with E-state index >= 15 is 0 Å². The van der Waals surface area contributed by atoms with E-state index in [0.29, 0.717) is 12.5 Å². The molecule has 32 heavy (non-hydrogen) atoms. The number of aromatic nitrogens is 2. The summed E-state index contributed by atoms with van der Waals surface area (Å²) < 4.78 is 9.08. The molecule has 5 rings (SSSR count). The van der Waals surface area contributed by atoms with Gasteiger partial charge in [-0.1, -0.05) is 19.1 Å². The van der Waals surface area contributed by atoms with Crippen molar-refractivity contribution in [1.82, 2.24) is 20.0 Å². The first-order chi connectivity index (χ1) is 15.3. The molecule has 6 nitrogen and oxygen atoms in total. The highest BCUT2D eigenvalue weighted by atomic mass is 16.5. The lowest BCUT2D eigenvalue weighted by Crippen LogP contribution is -2.49. The molecule has 1 spiro atoms. The van der Waals surface area contributed by atoms with Crippen LogP contribution in [0.4, 0.5) is 0 Å². The van der Waals surface area contributed by atoms with Crippen LogP contribution in [0.3, 0.4) is 0 Å². The van der Waals surface area contributed by atoms with Crippen molar-refractivity contribution >= 4 is 5.91 Å². The van der Waals surface area contributed by atoms with Crippen LogP contribution in [0.2, 0.25) is 0 Å². The van der Waals surface area contributed by atoms with Crippen LogP contribution in [0.15, 0.2) is 24.3 Å². The average molecular weight is 437 g/mol. The number of likely N-dealkylation sites (tertiary alicyclic amines) is 1. The van der Waals surface area contributed by atoms with E-state index in [1.807, 2.05) is 11.0 Å². The van der Waals surface area contributed by atoms with Gasteiger partial charge < -0.3 is 15.0 Å². The number of carbonyl (C=O) groups is 1. The Morgan fingerprint density at radius 2 is 2.00 bits per heavy atom. The quantitative estimate of drug-likeness (QED) is 0.766. The van der Waals surface area contributed by atoms with Crippen LogP contribution in [0.5, 0.6) is 5.75 Å². The average Bonchev–Trinajstić information content (AvgIpc) is 3.12. The van der Waals surface area contributed by atoms with Gasteiger partial charge in [0.1, 0.15) is 17.0 Å².